The van der Waals surface area contributed by atoms with E-state index in [2.05, 4.69) is 4.99 Å². The Bertz CT molecular complexity index is 1380. The zero-order valence-corrected chi connectivity index (χ0v) is 20.7. The molecule has 174 valence electrons. The van der Waals surface area contributed by atoms with Crippen LogP contribution in [-0.4, -0.2) is 18.9 Å². The molecule has 0 aliphatic heterocycles. The van der Waals surface area contributed by atoms with Crippen LogP contribution in [0.25, 0.3) is 0 Å². The Kier molecular flexibility index (Phi) is 7.54. The molecule has 0 atom stereocenters. The van der Waals surface area contributed by atoms with E-state index in [-0.39, 0.29) is 18.0 Å². The summed E-state index contributed by atoms with van der Waals surface area (Å²) in [7, 11) is -3.81. The smallest absolute Gasteiger partial charge is 0.243 e. The molecule has 0 aliphatic rings. The molecule has 4 rings (SSSR count). The van der Waals surface area contributed by atoms with Gasteiger partial charge in [0, 0.05) is 16.6 Å². The average molecular weight is 513 g/mol. The number of aliphatic imine (C=N–C) groups is 1. The number of benzene rings is 3. The van der Waals surface area contributed by atoms with Crippen molar-refractivity contribution < 1.29 is 12.8 Å². The Morgan fingerprint density at radius 1 is 0.824 bits per heavy atom. The Morgan fingerprint density at radius 2 is 1.44 bits per heavy atom. The number of sulfonamides is 1. The van der Waals surface area contributed by atoms with Gasteiger partial charge < -0.3 is 4.42 Å². The molecule has 0 saturated heterocycles. The monoisotopic (exact) mass is 512 g/mol. The molecule has 1 heterocycles. The van der Waals surface area contributed by atoms with Gasteiger partial charge in [-0.15, -0.1) is 0 Å². The van der Waals surface area contributed by atoms with Crippen LogP contribution < -0.4 is 0 Å². The number of furan rings is 1. The van der Waals surface area contributed by atoms with Crippen molar-refractivity contribution in [2.24, 2.45) is 4.99 Å². The van der Waals surface area contributed by atoms with Crippen LogP contribution in [0.1, 0.15) is 22.6 Å². The first-order valence-electron chi connectivity index (χ1n) is 10.5. The molecule has 0 N–H and O–H groups in total. The van der Waals surface area contributed by atoms with E-state index in [0.29, 0.717) is 21.6 Å². The van der Waals surface area contributed by atoms with Crippen LogP contribution in [0.4, 0.5) is 5.69 Å². The molecule has 34 heavy (non-hydrogen) atoms. The van der Waals surface area contributed by atoms with Crippen LogP contribution in [0.2, 0.25) is 10.0 Å². The van der Waals surface area contributed by atoms with Crippen LogP contribution in [0, 0.1) is 6.92 Å². The van der Waals surface area contributed by atoms with Gasteiger partial charge in [0.15, 0.2) is 0 Å². The van der Waals surface area contributed by atoms with E-state index in [1.807, 2.05) is 31.2 Å². The standard InChI is InChI=1S/C26H22Cl2N2O3S/c1-19-2-4-20(5-3-19)17-30(34(31,32)26-14-8-22(28)9-15-26)18-25-13-12-24(33-25)16-29-23-10-6-21(27)7-11-23/h2-16H,17-18H2,1H3. The second-order valence-corrected chi connectivity index (χ2v) is 10.6. The highest BCUT2D eigenvalue weighted by molar-refractivity contribution is 7.89. The molecular weight excluding hydrogens is 491 g/mol. The molecule has 4 aromatic rings. The van der Waals surface area contributed by atoms with Gasteiger partial charge in [0.2, 0.25) is 10.0 Å². The van der Waals surface area contributed by atoms with Crippen LogP contribution in [0.3, 0.4) is 0 Å². The van der Waals surface area contributed by atoms with E-state index in [0.717, 1.165) is 16.8 Å². The lowest BCUT2D eigenvalue weighted by Gasteiger charge is -2.21. The van der Waals surface area contributed by atoms with Crippen molar-refractivity contribution in [1.29, 1.82) is 0 Å². The largest absolute Gasteiger partial charge is 0.459 e. The first-order chi connectivity index (χ1) is 16.3. The van der Waals surface area contributed by atoms with Crippen molar-refractivity contribution in [2.75, 3.05) is 0 Å². The Hall–Kier alpha value is -2.90. The van der Waals surface area contributed by atoms with Crippen molar-refractivity contribution in [3.8, 4) is 0 Å². The minimum Gasteiger partial charge on any atom is -0.459 e. The van der Waals surface area contributed by atoms with E-state index >= 15 is 0 Å². The quantitative estimate of drug-likeness (QED) is 0.238. The molecule has 0 spiro atoms. The number of rotatable bonds is 8. The fourth-order valence-electron chi connectivity index (χ4n) is 3.27. The summed E-state index contributed by atoms with van der Waals surface area (Å²) < 4.78 is 34.2. The molecule has 0 unspecified atom stereocenters. The SMILES string of the molecule is Cc1ccc(CN(Cc2ccc(C=Nc3ccc(Cl)cc3)o2)S(=O)(=O)c2ccc(Cl)cc2)cc1. The van der Waals surface area contributed by atoms with Gasteiger partial charge in [-0.3, -0.25) is 4.99 Å². The van der Waals surface area contributed by atoms with Crippen molar-refractivity contribution >= 4 is 45.1 Å². The molecule has 0 aliphatic carbocycles. The predicted molar refractivity (Wildman–Crippen MR) is 136 cm³/mol. The third-order valence-electron chi connectivity index (χ3n) is 5.11. The molecule has 3 aromatic carbocycles. The third-order valence-corrected chi connectivity index (χ3v) is 7.42. The Balaban J connectivity index is 1.58. The number of aryl methyl sites for hydroxylation is 1. The van der Waals surface area contributed by atoms with Crippen molar-refractivity contribution in [2.45, 2.75) is 24.9 Å². The summed E-state index contributed by atoms with van der Waals surface area (Å²) in [5, 5.41) is 1.11. The topological polar surface area (TPSA) is 62.9 Å². The zero-order chi connectivity index (χ0) is 24.1. The van der Waals surface area contributed by atoms with Gasteiger partial charge in [-0.2, -0.15) is 4.31 Å². The predicted octanol–water partition coefficient (Wildman–Crippen LogP) is 7.04. The van der Waals surface area contributed by atoms with Gasteiger partial charge in [-0.25, -0.2) is 8.42 Å². The van der Waals surface area contributed by atoms with Crippen molar-refractivity contribution in [1.82, 2.24) is 4.31 Å². The van der Waals surface area contributed by atoms with Gasteiger partial charge in [0.05, 0.1) is 23.3 Å². The fraction of sp³-hybridized carbons (Fsp3) is 0.115. The fourth-order valence-corrected chi connectivity index (χ4v) is 4.91. The molecule has 1 aromatic heterocycles. The molecule has 0 radical (unpaired) electrons. The first-order valence-corrected chi connectivity index (χ1v) is 12.7. The highest BCUT2D eigenvalue weighted by Gasteiger charge is 2.26. The molecule has 0 fully saturated rings. The molecule has 0 bridgehead atoms. The molecule has 8 heteroatoms. The molecular formula is C26H22Cl2N2O3S. The van der Waals surface area contributed by atoms with Gasteiger partial charge >= 0.3 is 0 Å². The Morgan fingerprint density at radius 3 is 2.09 bits per heavy atom. The number of hydrogen-bond donors (Lipinski definition) is 0. The summed E-state index contributed by atoms with van der Waals surface area (Å²) in [6.07, 6.45) is 1.59. The molecule has 0 saturated carbocycles. The maximum Gasteiger partial charge on any atom is 0.243 e. The van der Waals surface area contributed by atoms with E-state index in [9.17, 15) is 8.42 Å². The summed E-state index contributed by atoms with van der Waals surface area (Å²) in [5.74, 6) is 1.02. The van der Waals surface area contributed by atoms with Crippen molar-refractivity contribution in [3.05, 3.63) is 118 Å². The van der Waals surface area contributed by atoms with Crippen molar-refractivity contribution in [3.63, 3.8) is 0 Å². The first kappa shape index (κ1) is 24.2. The second kappa shape index (κ2) is 10.6. The van der Waals surface area contributed by atoms with Gasteiger partial charge in [0.25, 0.3) is 0 Å². The summed E-state index contributed by atoms with van der Waals surface area (Å²) >= 11 is 11.9. The average Bonchev–Trinajstić information content (AvgIpc) is 3.27. The van der Waals surface area contributed by atoms with E-state index in [1.165, 1.54) is 16.4 Å². The van der Waals surface area contributed by atoms with Crippen LogP contribution in [-0.2, 0) is 23.1 Å². The van der Waals surface area contributed by atoms with Gasteiger partial charge in [-0.05, 0) is 73.2 Å². The van der Waals surface area contributed by atoms with Crippen LogP contribution >= 0.6 is 23.2 Å². The maximum atomic E-state index is 13.5. The molecule has 0 amide bonds. The second-order valence-electron chi connectivity index (χ2n) is 7.75. The summed E-state index contributed by atoms with van der Waals surface area (Å²) in [6, 6.07) is 24.5. The number of halogens is 2. The van der Waals surface area contributed by atoms with E-state index in [4.69, 9.17) is 27.6 Å². The Labute approximate surface area is 209 Å². The highest BCUT2D eigenvalue weighted by Crippen LogP contribution is 2.24. The lowest BCUT2D eigenvalue weighted by molar-refractivity contribution is 0.357. The summed E-state index contributed by atoms with van der Waals surface area (Å²) in [6.45, 7) is 2.25. The number of nitrogens with zero attached hydrogens (tertiary/aromatic N) is 2. The van der Waals surface area contributed by atoms with E-state index in [1.54, 1.807) is 54.7 Å². The minimum atomic E-state index is -3.81. The summed E-state index contributed by atoms with van der Waals surface area (Å²) in [5.41, 5.74) is 2.71. The van der Waals surface area contributed by atoms with E-state index < -0.39 is 10.0 Å². The van der Waals surface area contributed by atoms with Gasteiger partial charge in [0.1, 0.15) is 11.5 Å². The highest BCUT2D eigenvalue weighted by atomic mass is 35.5. The third kappa shape index (κ3) is 6.15. The zero-order valence-electron chi connectivity index (χ0n) is 18.4. The van der Waals surface area contributed by atoms with Crippen LogP contribution in [0.15, 0.2) is 99.2 Å². The van der Waals surface area contributed by atoms with Crippen LogP contribution in [0.5, 0.6) is 0 Å². The minimum absolute atomic E-state index is 0.0631. The normalized spacial score (nSPS) is 12.0. The maximum absolute atomic E-state index is 13.5. The number of hydrogen-bond acceptors (Lipinski definition) is 4. The lowest BCUT2D eigenvalue weighted by atomic mass is 10.1. The summed E-state index contributed by atoms with van der Waals surface area (Å²) in [4.78, 5) is 4.54. The molecule has 5 nitrogen and oxygen atoms in total. The van der Waals surface area contributed by atoms with Gasteiger partial charge in [-0.1, -0.05) is 53.0 Å². The lowest BCUT2D eigenvalue weighted by Crippen LogP contribution is -2.30.